The van der Waals surface area contributed by atoms with E-state index in [0.29, 0.717) is 18.7 Å². The molecule has 1 N–H and O–H groups in total. The summed E-state index contributed by atoms with van der Waals surface area (Å²) in [6, 6.07) is 3.66. The van der Waals surface area contributed by atoms with E-state index in [2.05, 4.69) is 15.3 Å². The molecule has 22 heavy (non-hydrogen) atoms. The summed E-state index contributed by atoms with van der Waals surface area (Å²) < 4.78 is 1.49. The molecule has 0 spiro atoms. The summed E-state index contributed by atoms with van der Waals surface area (Å²) in [7, 11) is 0. The maximum Gasteiger partial charge on any atom is 0.256 e. The Hall–Kier alpha value is -2.76. The molecule has 114 valence electrons. The van der Waals surface area contributed by atoms with Crippen molar-refractivity contribution < 1.29 is 4.79 Å². The minimum absolute atomic E-state index is 0.0762. The van der Waals surface area contributed by atoms with Crippen molar-refractivity contribution in [3.63, 3.8) is 0 Å². The van der Waals surface area contributed by atoms with Crippen LogP contribution in [0.3, 0.4) is 0 Å². The number of hydrogen-bond acceptors (Lipinski definition) is 4. The molecule has 0 aliphatic rings. The first-order chi connectivity index (χ1) is 10.6. The molecule has 2 rings (SSSR count). The predicted molar refractivity (Wildman–Crippen MR) is 84.3 cm³/mol. The van der Waals surface area contributed by atoms with Gasteiger partial charge >= 0.3 is 0 Å². The van der Waals surface area contributed by atoms with Crippen molar-refractivity contribution in [1.82, 2.24) is 19.9 Å². The fourth-order valence-electron chi connectivity index (χ4n) is 1.84. The molecule has 6 nitrogen and oxygen atoms in total. The fourth-order valence-corrected chi connectivity index (χ4v) is 1.84. The first-order valence-electron chi connectivity index (χ1n) is 6.96. The standard InChI is InChI=1S/C16H18N4O2/c1-12-13(2)19-11-20(16(12)22)9-8-18-15(21)6-5-14-4-3-7-17-10-14/h3-7,10-11H,8-9H2,1-2H3,(H,18,21)/b6-5+. The van der Waals surface area contributed by atoms with Gasteiger partial charge < -0.3 is 5.32 Å². The molecule has 0 saturated carbocycles. The molecular weight excluding hydrogens is 280 g/mol. The number of aryl methyl sites for hydroxylation is 1. The molecule has 1 amide bonds. The quantitative estimate of drug-likeness (QED) is 0.838. The molecule has 2 aromatic rings. The molecule has 0 atom stereocenters. The molecular formula is C16H18N4O2. The Kier molecular flexibility index (Phi) is 5.19. The summed E-state index contributed by atoms with van der Waals surface area (Å²) >= 11 is 0. The Labute approximate surface area is 128 Å². The molecule has 0 radical (unpaired) electrons. The van der Waals surface area contributed by atoms with E-state index < -0.39 is 0 Å². The average molecular weight is 298 g/mol. The smallest absolute Gasteiger partial charge is 0.256 e. The molecule has 6 heteroatoms. The van der Waals surface area contributed by atoms with E-state index in [1.54, 1.807) is 38.4 Å². The third-order valence-corrected chi connectivity index (χ3v) is 3.28. The molecule has 0 unspecified atom stereocenters. The number of aromatic nitrogens is 3. The highest BCUT2D eigenvalue weighted by Gasteiger charge is 2.03. The van der Waals surface area contributed by atoms with Crippen molar-refractivity contribution in [3.05, 3.63) is 64.1 Å². The summed E-state index contributed by atoms with van der Waals surface area (Å²) in [4.78, 5) is 31.8. The second kappa shape index (κ2) is 7.31. The largest absolute Gasteiger partial charge is 0.351 e. The van der Waals surface area contributed by atoms with Crippen molar-refractivity contribution in [2.45, 2.75) is 20.4 Å². The van der Waals surface area contributed by atoms with Crippen LogP contribution in [0.15, 0.2) is 41.7 Å². The van der Waals surface area contributed by atoms with Crippen LogP contribution in [0.5, 0.6) is 0 Å². The van der Waals surface area contributed by atoms with Crippen LogP contribution >= 0.6 is 0 Å². The lowest BCUT2D eigenvalue weighted by atomic mass is 10.2. The van der Waals surface area contributed by atoms with Gasteiger partial charge in [0.05, 0.1) is 6.33 Å². The molecule has 0 aromatic carbocycles. The maximum atomic E-state index is 12.0. The van der Waals surface area contributed by atoms with Crippen LogP contribution < -0.4 is 10.9 Å². The topological polar surface area (TPSA) is 76.9 Å². The van der Waals surface area contributed by atoms with Crippen LogP contribution in [0, 0.1) is 13.8 Å². The van der Waals surface area contributed by atoms with E-state index in [0.717, 1.165) is 11.3 Å². The highest BCUT2D eigenvalue weighted by molar-refractivity contribution is 5.91. The minimum atomic E-state index is -0.214. The Morgan fingerprint density at radius 2 is 2.23 bits per heavy atom. The lowest BCUT2D eigenvalue weighted by Crippen LogP contribution is -2.31. The molecule has 2 aromatic heterocycles. The third-order valence-electron chi connectivity index (χ3n) is 3.28. The summed E-state index contributed by atoms with van der Waals surface area (Å²) in [6.07, 6.45) is 7.98. The minimum Gasteiger partial charge on any atom is -0.351 e. The molecule has 0 fully saturated rings. The van der Waals surface area contributed by atoms with Gasteiger partial charge in [-0.3, -0.25) is 19.1 Å². The zero-order valence-electron chi connectivity index (χ0n) is 12.6. The number of pyridine rings is 1. The summed E-state index contributed by atoms with van der Waals surface area (Å²) in [5.41, 5.74) is 2.13. The Balaban J connectivity index is 1.86. The first kappa shape index (κ1) is 15.6. The number of amides is 1. The molecule has 0 aliphatic heterocycles. The summed E-state index contributed by atoms with van der Waals surface area (Å²) in [5.74, 6) is -0.214. The van der Waals surface area contributed by atoms with Crippen molar-refractivity contribution >= 4 is 12.0 Å². The number of hydrogen-bond donors (Lipinski definition) is 1. The van der Waals surface area contributed by atoms with Gasteiger partial charge in [-0.2, -0.15) is 0 Å². The van der Waals surface area contributed by atoms with Crippen molar-refractivity contribution in [3.8, 4) is 0 Å². The van der Waals surface area contributed by atoms with Crippen molar-refractivity contribution in [1.29, 1.82) is 0 Å². The van der Waals surface area contributed by atoms with E-state index in [4.69, 9.17) is 0 Å². The van der Waals surface area contributed by atoms with Gasteiger partial charge in [-0.05, 0) is 31.6 Å². The van der Waals surface area contributed by atoms with E-state index in [1.807, 2.05) is 6.07 Å². The maximum absolute atomic E-state index is 12.0. The van der Waals surface area contributed by atoms with Gasteiger partial charge in [-0.15, -0.1) is 0 Å². The molecule has 0 saturated heterocycles. The summed E-state index contributed by atoms with van der Waals surface area (Å²) in [5, 5.41) is 2.73. The fraction of sp³-hybridized carbons (Fsp3) is 0.250. The van der Waals surface area contributed by atoms with Crippen LogP contribution in [-0.4, -0.2) is 27.0 Å². The first-order valence-corrected chi connectivity index (χ1v) is 6.96. The Bertz CT molecular complexity index is 736. The van der Waals surface area contributed by atoms with E-state index >= 15 is 0 Å². The zero-order chi connectivity index (χ0) is 15.9. The lowest BCUT2D eigenvalue weighted by molar-refractivity contribution is -0.116. The van der Waals surface area contributed by atoms with Gasteiger partial charge in [0.25, 0.3) is 5.56 Å². The number of carbonyl (C=O) groups is 1. The number of nitrogens with one attached hydrogen (secondary N) is 1. The normalized spacial score (nSPS) is 10.8. The molecule has 2 heterocycles. The SMILES string of the molecule is Cc1ncn(CCNC(=O)/C=C/c2cccnc2)c(=O)c1C. The zero-order valence-corrected chi connectivity index (χ0v) is 12.6. The van der Waals surface area contributed by atoms with Crippen LogP contribution in [0.2, 0.25) is 0 Å². The van der Waals surface area contributed by atoms with Crippen LogP contribution in [0.25, 0.3) is 6.08 Å². The highest BCUT2D eigenvalue weighted by atomic mass is 16.1. The summed E-state index contributed by atoms with van der Waals surface area (Å²) in [6.45, 7) is 4.29. The monoisotopic (exact) mass is 298 g/mol. The lowest BCUT2D eigenvalue weighted by Gasteiger charge is -2.07. The van der Waals surface area contributed by atoms with Gasteiger partial charge in [-0.25, -0.2) is 4.98 Å². The van der Waals surface area contributed by atoms with Gasteiger partial charge in [-0.1, -0.05) is 6.07 Å². The highest BCUT2D eigenvalue weighted by Crippen LogP contribution is 1.98. The Morgan fingerprint density at radius 3 is 2.95 bits per heavy atom. The Morgan fingerprint density at radius 1 is 1.41 bits per heavy atom. The van der Waals surface area contributed by atoms with E-state index in [-0.39, 0.29) is 11.5 Å². The second-order valence-electron chi connectivity index (χ2n) is 4.86. The number of rotatable bonds is 5. The third kappa shape index (κ3) is 4.12. The predicted octanol–water partition coefficient (Wildman–Crippen LogP) is 1.08. The van der Waals surface area contributed by atoms with Crippen molar-refractivity contribution in [2.75, 3.05) is 6.54 Å². The number of carbonyl (C=O) groups excluding carboxylic acids is 1. The molecule has 0 aliphatic carbocycles. The number of nitrogens with zero attached hydrogens (tertiary/aromatic N) is 3. The van der Waals surface area contributed by atoms with Crippen LogP contribution in [0.1, 0.15) is 16.8 Å². The van der Waals surface area contributed by atoms with Gasteiger partial charge in [0.2, 0.25) is 5.91 Å². The van der Waals surface area contributed by atoms with Crippen LogP contribution in [-0.2, 0) is 11.3 Å². The second-order valence-corrected chi connectivity index (χ2v) is 4.86. The van der Waals surface area contributed by atoms with Gasteiger partial charge in [0.1, 0.15) is 0 Å². The average Bonchev–Trinajstić information content (AvgIpc) is 2.54. The van der Waals surface area contributed by atoms with E-state index in [1.165, 1.54) is 17.0 Å². The van der Waals surface area contributed by atoms with Gasteiger partial charge in [0.15, 0.2) is 0 Å². The molecule has 0 bridgehead atoms. The van der Waals surface area contributed by atoms with Gasteiger partial charge in [0, 0.05) is 42.8 Å². The van der Waals surface area contributed by atoms with Crippen molar-refractivity contribution in [2.24, 2.45) is 0 Å². The van der Waals surface area contributed by atoms with Crippen LogP contribution in [0.4, 0.5) is 0 Å². The van der Waals surface area contributed by atoms with E-state index in [9.17, 15) is 9.59 Å².